The van der Waals surface area contributed by atoms with Gasteiger partial charge in [-0.25, -0.2) is 14.8 Å². The number of aldehydes is 1. The van der Waals surface area contributed by atoms with Gasteiger partial charge >= 0.3 is 6.03 Å². The molecule has 3 aromatic heterocycles. The first-order valence-corrected chi connectivity index (χ1v) is 10.3. The van der Waals surface area contributed by atoms with E-state index in [1.165, 1.54) is 11.1 Å². The zero-order valence-electron chi connectivity index (χ0n) is 18.5. The molecule has 3 aromatic rings. The maximum absolute atomic E-state index is 13.0. The van der Waals surface area contributed by atoms with E-state index in [1.807, 2.05) is 6.92 Å². The Kier molecular flexibility index (Phi) is 6.95. The molecule has 2 amide bonds. The molecular formula is C23H25N7O2. The number of pyridine rings is 2. The van der Waals surface area contributed by atoms with Crippen molar-refractivity contribution in [1.82, 2.24) is 19.7 Å². The van der Waals surface area contributed by atoms with Gasteiger partial charge in [0.1, 0.15) is 23.4 Å². The van der Waals surface area contributed by atoms with Crippen molar-refractivity contribution >= 4 is 24.0 Å². The summed E-state index contributed by atoms with van der Waals surface area (Å²) in [4.78, 5) is 34.6. The van der Waals surface area contributed by atoms with Crippen molar-refractivity contribution in [3.05, 3.63) is 53.6 Å². The highest BCUT2D eigenvalue weighted by atomic mass is 16.2. The van der Waals surface area contributed by atoms with E-state index in [9.17, 15) is 14.9 Å². The van der Waals surface area contributed by atoms with Gasteiger partial charge in [-0.15, -0.1) is 0 Å². The van der Waals surface area contributed by atoms with Crippen LogP contribution in [0.2, 0.25) is 0 Å². The molecule has 1 N–H and O–H groups in total. The lowest BCUT2D eigenvalue weighted by Crippen LogP contribution is -2.35. The number of aromatic nitrogens is 4. The quantitative estimate of drug-likeness (QED) is 0.569. The number of carbonyl (C=O) groups is 2. The minimum absolute atomic E-state index is 0.220. The van der Waals surface area contributed by atoms with Gasteiger partial charge in [0.2, 0.25) is 0 Å². The van der Waals surface area contributed by atoms with Crippen molar-refractivity contribution in [2.24, 2.45) is 13.0 Å². The van der Waals surface area contributed by atoms with E-state index >= 15 is 0 Å². The van der Waals surface area contributed by atoms with E-state index in [-0.39, 0.29) is 5.69 Å². The Morgan fingerprint density at radius 1 is 1.34 bits per heavy atom. The number of nitrogens with zero attached hydrogens (tertiary/aromatic N) is 6. The van der Waals surface area contributed by atoms with E-state index in [0.29, 0.717) is 47.9 Å². The molecule has 3 heterocycles. The first-order chi connectivity index (χ1) is 15.4. The molecule has 0 bridgehead atoms. The van der Waals surface area contributed by atoms with Gasteiger partial charge in [-0.1, -0.05) is 13.8 Å². The van der Waals surface area contributed by atoms with Gasteiger partial charge in [-0.05, 0) is 43.0 Å². The summed E-state index contributed by atoms with van der Waals surface area (Å²) in [6.45, 7) is 6.26. The first kappa shape index (κ1) is 22.6. The van der Waals surface area contributed by atoms with Crippen molar-refractivity contribution in [1.29, 1.82) is 5.26 Å². The Hall–Kier alpha value is -4.06. The molecule has 0 spiro atoms. The van der Waals surface area contributed by atoms with Gasteiger partial charge in [0, 0.05) is 37.1 Å². The molecule has 0 unspecified atom stereocenters. The third-order valence-corrected chi connectivity index (χ3v) is 4.85. The number of hydrogen-bond acceptors (Lipinski definition) is 6. The molecule has 0 saturated carbocycles. The first-order valence-electron chi connectivity index (χ1n) is 10.3. The Balaban J connectivity index is 1.86. The average Bonchev–Trinajstić information content (AvgIpc) is 3.20. The molecule has 0 aliphatic heterocycles. The number of amides is 2. The maximum atomic E-state index is 13.0. The second kappa shape index (κ2) is 9.83. The molecule has 0 atom stereocenters. The summed E-state index contributed by atoms with van der Waals surface area (Å²) in [5, 5.41) is 16.2. The summed E-state index contributed by atoms with van der Waals surface area (Å²) >= 11 is 0. The summed E-state index contributed by atoms with van der Waals surface area (Å²) in [7, 11) is 1.79. The van der Waals surface area contributed by atoms with Crippen molar-refractivity contribution in [3.8, 4) is 17.2 Å². The van der Waals surface area contributed by atoms with Crippen LogP contribution in [0.3, 0.4) is 0 Å². The average molecular weight is 432 g/mol. The Morgan fingerprint density at radius 2 is 2.12 bits per heavy atom. The normalized spacial score (nSPS) is 10.6. The summed E-state index contributed by atoms with van der Waals surface area (Å²) in [6, 6.07) is 6.87. The van der Waals surface area contributed by atoms with E-state index in [0.717, 1.165) is 11.1 Å². The predicted molar refractivity (Wildman–Crippen MR) is 121 cm³/mol. The number of nitrogens with one attached hydrogen (secondary N) is 1. The summed E-state index contributed by atoms with van der Waals surface area (Å²) < 4.78 is 1.64. The minimum Gasteiger partial charge on any atom is -0.296 e. The predicted octanol–water partition coefficient (Wildman–Crippen LogP) is 3.82. The van der Waals surface area contributed by atoms with Crippen molar-refractivity contribution in [2.45, 2.75) is 27.2 Å². The molecule has 32 heavy (non-hydrogen) atoms. The van der Waals surface area contributed by atoms with E-state index in [4.69, 9.17) is 0 Å². The topological polar surface area (TPSA) is 117 Å². The summed E-state index contributed by atoms with van der Waals surface area (Å²) in [5.74, 6) is 1.05. The van der Waals surface area contributed by atoms with Gasteiger partial charge in [-0.2, -0.15) is 10.4 Å². The molecule has 9 nitrogen and oxygen atoms in total. The van der Waals surface area contributed by atoms with Crippen molar-refractivity contribution in [3.63, 3.8) is 0 Å². The van der Waals surface area contributed by atoms with Crippen LogP contribution in [0.25, 0.3) is 11.1 Å². The second-order valence-electron chi connectivity index (χ2n) is 7.73. The van der Waals surface area contributed by atoms with Gasteiger partial charge in [0.05, 0.1) is 11.8 Å². The highest BCUT2D eigenvalue weighted by Gasteiger charge is 2.19. The Bertz CT molecular complexity index is 1180. The van der Waals surface area contributed by atoms with Gasteiger partial charge in [0.25, 0.3) is 0 Å². The maximum Gasteiger partial charge on any atom is 0.328 e. The smallest absolute Gasteiger partial charge is 0.296 e. The van der Waals surface area contributed by atoms with Crippen LogP contribution < -0.4 is 10.2 Å². The van der Waals surface area contributed by atoms with Crippen molar-refractivity contribution in [2.75, 3.05) is 16.8 Å². The fourth-order valence-corrected chi connectivity index (χ4v) is 3.37. The molecule has 0 aliphatic carbocycles. The number of nitriles is 1. The van der Waals surface area contributed by atoms with Gasteiger partial charge < -0.3 is 0 Å². The fourth-order valence-electron chi connectivity index (χ4n) is 3.37. The van der Waals surface area contributed by atoms with Crippen LogP contribution in [-0.4, -0.2) is 38.6 Å². The van der Waals surface area contributed by atoms with E-state index < -0.39 is 6.03 Å². The monoisotopic (exact) mass is 431 g/mol. The Labute approximate surface area is 186 Å². The van der Waals surface area contributed by atoms with Crippen LogP contribution in [0.1, 0.15) is 42.4 Å². The number of hydrogen-bond donors (Lipinski definition) is 1. The van der Waals surface area contributed by atoms with Crippen LogP contribution in [0.5, 0.6) is 0 Å². The number of aryl methyl sites for hydroxylation is 1. The Morgan fingerprint density at radius 3 is 2.72 bits per heavy atom. The molecule has 0 saturated heterocycles. The largest absolute Gasteiger partial charge is 0.328 e. The van der Waals surface area contributed by atoms with Crippen molar-refractivity contribution < 1.29 is 9.59 Å². The number of carbonyl (C=O) groups excluding carboxylic acids is 2. The van der Waals surface area contributed by atoms with Crippen LogP contribution >= 0.6 is 0 Å². The lowest BCUT2D eigenvalue weighted by molar-refractivity contribution is 0.111. The SMILES string of the molecule is CCN(C(=O)Nc1cc(CC(C)C)c(C#N)cn1)c1ccc(-c2cnn(C)c2)c(C=O)n1. The number of rotatable bonds is 7. The number of urea groups is 1. The molecule has 164 valence electrons. The molecule has 9 heteroatoms. The standard InChI is InChI=1S/C23H25N7O2/c1-5-30(22-7-6-19(20(14-31)27-22)18-12-26-29(4)13-18)23(32)28-21-9-16(8-15(2)3)17(10-24)11-25-21/h6-7,9,11-15H,5,8H2,1-4H3,(H,25,28,32). The third-order valence-electron chi connectivity index (χ3n) is 4.85. The summed E-state index contributed by atoms with van der Waals surface area (Å²) in [5.41, 5.74) is 2.95. The molecule has 0 fully saturated rings. The molecule has 0 aromatic carbocycles. The van der Waals surface area contributed by atoms with Crippen LogP contribution in [0.15, 0.2) is 36.8 Å². The zero-order valence-corrected chi connectivity index (χ0v) is 18.5. The second-order valence-corrected chi connectivity index (χ2v) is 7.73. The highest BCUT2D eigenvalue weighted by molar-refractivity contribution is 6.01. The fraction of sp³-hybridized carbons (Fsp3) is 0.304. The molecule has 0 aliphatic rings. The zero-order chi connectivity index (χ0) is 23.3. The molecular weight excluding hydrogens is 406 g/mol. The lowest BCUT2D eigenvalue weighted by Gasteiger charge is -2.21. The van der Waals surface area contributed by atoms with Crippen LogP contribution in [0.4, 0.5) is 16.4 Å². The van der Waals surface area contributed by atoms with Gasteiger partial charge in [-0.3, -0.25) is 19.7 Å². The van der Waals surface area contributed by atoms with Gasteiger partial charge in [0.15, 0.2) is 6.29 Å². The number of anilines is 2. The van der Waals surface area contributed by atoms with Crippen LogP contribution in [0, 0.1) is 17.2 Å². The highest BCUT2D eigenvalue weighted by Crippen LogP contribution is 2.24. The van der Waals surface area contributed by atoms with E-state index in [2.05, 4.69) is 40.3 Å². The molecule has 3 rings (SSSR count). The lowest BCUT2D eigenvalue weighted by atomic mass is 10.00. The van der Waals surface area contributed by atoms with E-state index in [1.54, 1.807) is 42.3 Å². The van der Waals surface area contributed by atoms with Crippen LogP contribution in [-0.2, 0) is 13.5 Å². The third kappa shape index (κ3) is 4.98. The minimum atomic E-state index is -0.432. The summed E-state index contributed by atoms with van der Waals surface area (Å²) in [6.07, 6.45) is 6.28. The molecule has 0 radical (unpaired) electrons.